The van der Waals surface area contributed by atoms with Gasteiger partial charge in [-0.25, -0.2) is 0 Å². The van der Waals surface area contributed by atoms with E-state index in [2.05, 4.69) is 21.2 Å². The van der Waals surface area contributed by atoms with Gasteiger partial charge in [-0.1, -0.05) is 15.9 Å². The predicted octanol–water partition coefficient (Wildman–Crippen LogP) is 2.21. The number of anilines is 1. The van der Waals surface area contributed by atoms with Crippen LogP contribution in [0.1, 0.15) is 38.7 Å². The predicted molar refractivity (Wildman–Crippen MR) is 103 cm³/mol. The van der Waals surface area contributed by atoms with E-state index in [1.807, 2.05) is 32.0 Å². The summed E-state index contributed by atoms with van der Waals surface area (Å²) in [5.74, 6) is -1.36. The molecule has 1 aromatic rings. The van der Waals surface area contributed by atoms with E-state index in [1.165, 1.54) is 4.90 Å². The quantitative estimate of drug-likeness (QED) is 0.709. The number of amides is 2. The lowest BCUT2D eigenvalue weighted by Crippen LogP contribution is -2.53. The molecule has 2 heterocycles. The van der Waals surface area contributed by atoms with Crippen molar-refractivity contribution < 1.29 is 24.2 Å². The molecule has 2 aliphatic rings. The normalized spacial score (nSPS) is 23.4. The van der Waals surface area contributed by atoms with Gasteiger partial charge in [-0.3, -0.25) is 14.4 Å². The van der Waals surface area contributed by atoms with Crippen molar-refractivity contribution in [3.63, 3.8) is 0 Å². The molecule has 0 aromatic heterocycles. The molecule has 1 fully saturated rings. The standard InChI is InChI=1S/C19H23BrN2O5/c1-18(2)13-9-12(20)3-4-14(13)22(17(18)26)10-15(23)21-19(6-5-16(24)25)7-8-27-11-19/h3-4,9H,5-8,10-11H2,1-2H3,(H,21,23)(H,24,25)/t19-/m0/s1. The Hall–Kier alpha value is -1.93. The molecule has 0 saturated carbocycles. The molecule has 2 N–H and O–H groups in total. The van der Waals surface area contributed by atoms with Crippen molar-refractivity contribution in [2.75, 3.05) is 24.7 Å². The van der Waals surface area contributed by atoms with Gasteiger partial charge < -0.3 is 20.1 Å². The number of fused-ring (bicyclic) bond motifs is 1. The molecule has 0 radical (unpaired) electrons. The Morgan fingerprint density at radius 3 is 2.74 bits per heavy atom. The zero-order chi connectivity index (χ0) is 19.8. The van der Waals surface area contributed by atoms with Crippen molar-refractivity contribution in [3.05, 3.63) is 28.2 Å². The fourth-order valence-corrected chi connectivity index (χ4v) is 4.11. The van der Waals surface area contributed by atoms with Gasteiger partial charge in [0.05, 0.1) is 17.6 Å². The van der Waals surface area contributed by atoms with Crippen LogP contribution in [0, 0.1) is 0 Å². The second kappa shape index (κ2) is 7.24. The average Bonchev–Trinajstić information content (AvgIpc) is 3.12. The minimum atomic E-state index is -0.911. The van der Waals surface area contributed by atoms with Gasteiger partial charge >= 0.3 is 5.97 Å². The van der Waals surface area contributed by atoms with E-state index in [1.54, 1.807) is 0 Å². The Balaban J connectivity index is 1.76. The summed E-state index contributed by atoms with van der Waals surface area (Å²) in [4.78, 5) is 38.0. The van der Waals surface area contributed by atoms with E-state index in [4.69, 9.17) is 9.84 Å². The number of nitrogens with one attached hydrogen (secondary N) is 1. The first-order valence-corrected chi connectivity index (χ1v) is 9.66. The number of halogens is 1. The van der Waals surface area contributed by atoms with Crippen molar-refractivity contribution >= 4 is 39.4 Å². The number of ether oxygens (including phenoxy) is 1. The van der Waals surface area contributed by atoms with Gasteiger partial charge in [-0.2, -0.15) is 0 Å². The number of rotatable bonds is 6. The van der Waals surface area contributed by atoms with Crippen LogP contribution in [0.25, 0.3) is 0 Å². The maximum absolute atomic E-state index is 12.9. The second-order valence-corrected chi connectivity index (χ2v) is 8.62. The van der Waals surface area contributed by atoms with E-state index >= 15 is 0 Å². The number of aliphatic carboxylic acids is 1. The molecule has 7 nitrogen and oxygen atoms in total. The number of carbonyl (C=O) groups excluding carboxylic acids is 2. The number of nitrogens with zero attached hydrogens (tertiary/aromatic N) is 1. The monoisotopic (exact) mass is 438 g/mol. The summed E-state index contributed by atoms with van der Waals surface area (Å²) in [6, 6.07) is 5.58. The third-order valence-corrected chi connectivity index (χ3v) is 5.82. The van der Waals surface area contributed by atoms with Crippen LogP contribution in [-0.4, -0.2) is 48.2 Å². The minimum absolute atomic E-state index is 0.0455. The topological polar surface area (TPSA) is 95.9 Å². The lowest BCUT2D eigenvalue weighted by atomic mass is 9.86. The highest BCUT2D eigenvalue weighted by Gasteiger charge is 2.45. The SMILES string of the molecule is CC1(C)C(=O)N(CC(=O)N[C@@]2(CCC(=O)O)CCOC2)c2ccc(Br)cc21. The average molecular weight is 439 g/mol. The fraction of sp³-hybridized carbons (Fsp3) is 0.526. The van der Waals surface area contributed by atoms with Gasteiger partial charge in [0.15, 0.2) is 0 Å². The lowest BCUT2D eigenvalue weighted by Gasteiger charge is -2.29. The highest BCUT2D eigenvalue weighted by Crippen LogP contribution is 2.42. The van der Waals surface area contributed by atoms with E-state index in [-0.39, 0.29) is 31.4 Å². The highest BCUT2D eigenvalue weighted by molar-refractivity contribution is 9.10. The molecule has 1 aromatic carbocycles. The smallest absolute Gasteiger partial charge is 0.303 e. The summed E-state index contributed by atoms with van der Waals surface area (Å²) in [7, 11) is 0. The van der Waals surface area contributed by atoms with Gasteiger partial charge in [0.25, 0.3) is 0 Å². The third kappa shape index (κ3) is 3.87. The number of carbonyl (C=O) groups is 3. The highest BCUT2D eigenvalue weighted by atomic mass is 79.9. The van der Waals surface area contributed by atoms with Gasteiger partial charge in [-0.15, -0.1) is 0 Å². The maximum atomic E-state index is 12.9. The first-order chi connectivity index (χ1) is 12.6. The molecule has 1 atom stereocenters. The molecule has 2 aliphatic heterocycles. The van der Waals surface area contributed by atoms with Crippen LogP contribution in [0.15, 0.2) is 22.7 Å². The van der Waals surface area contributed by atoms with Crippen molar-refractivity contribution in [2.45, 2.75) is 44.1 Å². The van der Waals surface area contributed by atoms with Crippen LogP contribution in [-0.2, 0) is 24.5 Å². The second-order valence-electron chi connectivity index (χ2n) is 7.70. The van der Waals surface area contributed by atoms with Crippen LogP contribution < -0.4 is 10.2 Å². The molecule has 0 bridgehead atoms. The summed E-state index contributed by atoms with van der Waals surface area (Å²) in [6.45, 7) is 4.35. The van der Waals surface area contributed by atoms with Gasteiger partial charge in [-0.05, 0) is 50.5 Å². The van der Waals surface area contributed by atoms with Gasteiger partial charge in [0.2, 0.25) is 11.8 Å². The molecule has 27 heavy (non-hydrogen) atoms. The molecule has 8 heteroatoms. The number of carboxylic acid groups (broad SMARTS) is 1. The Labute approximate surface area is 166 Å². The van der Waals surface area contributed by atoms with Crippen molar-refractivity contribution in [1.29, 1.82) is 0 Å². The van der Waals surface area contributed by atoms with Crippen molar-refractivity contribution in [3.8, 4) is 0 Å². The van der Waals surface area contributed by atoms with E-state index in [0.29, 0.717) is 19.4 Å². The molecular weight excluding hydrogens is 416 g/mol. The summed E-state index contributed by atoms with van der Waals surface area (Å²) >= 11 is 3.43. The van der Waals surface area contributed by atoms with Crippen LogP contribution in [0.2, 0.25) is 0 Å². The number of carboxylic acids is 1. The number of benzene rings is 1. The lowest BCUT2D eigenvalue weighted by molar-refractivity contribution is -0.138. The maximum Gasteiger partial charge on any atom is 0.303 e. The molecule has 2 amide bonds. The summed E-state index contributed by atoms with van der Waals surface area (Å²) in [5, 5.41) is 11.9. The van der Waals surface area contributed by atoms with Crippen LogP contribution in [0.4, 0.5) is 5.69 Å². The Morgan fingerprint density at radius 1 is 1.37 bits per heavy atom. The minimum Gasteiger partial charge on any atom is -0.481 e. The molecule has 0 spiro atoms. The molecule has 0 unspecified atom stereocenters. The summed E-state index contributed by atoms with van der Waals surface area (Å²) in [5.41, 5.74) is 0.206. The van der Waals surface area contributed by atoms with Crippen molar-refractivity contribution in [1.82, 2.24) is 5.32 Å². The van der Waals surface area contributed by atoms with E-state index < -0.39 is 16.9 Å². The first-order valence-electron chi connectivity index (χ1n) is 8.87. The third-order valence-electron chi connectivity index (χ3n) is 5.33. The molecule has 146 valence electrons. The zero-order valence-electron chi connectivity index (χ0n) is 15.4. The zero-order valence-corrected chi connectivity index (χ0v) is 17.0. The number of hydrogen-bond acceptors (Lipinski definition) is 4. The van der Waals surface area contributed by atoms with Gasteiger partial charge in [0.1, 0.15) is 6.54 Å². The van der Waals surface area contributed by atoms with Gasteiger partial charge in [0, 0.05) is 23.2 Å². The number of hydrogen-bond donors (Lipinski definition) is 2. The Morgan fingerprint density at radius 2 is 2.11 bits per heavy atom. The van der Waals surface area contributed by atoms with Crippen LogP contribution in [0.3, 0.4) is 0 Å². The molecule has 3 rings (SSSR count). The Bertz CT molecular complexity index is 786. The summed E-state index contributed by atoms with van der Waals surface area (Å²) < 4.78 is 6.27. The first kappa shape index (κ1) is 19.8. The molecule has 0 aliphatic carbocycles. The van der Waals surface area contributed by atoms with Crippen LogP contribution in [0.5, 0.6) is 0 Å². The fourth-order valence-electron chi connectivity index (χ4n) is 3.75. The largest absolute Gasteiger partial charge is 0.481 e. The van der Waals surface area contributed by atoms with Crippen molar-refractivity contribution in [2.24, 2.45) is 0 Å². The molecular formula is C19H23BrN2O5. The van der Waals surface area contributed by atoms with Crippen LogP contribution >= 0.6 is 15.9 Å². The summed E-state index contributed by atoms with van der Waals surface area (Å²) in [6.07, 6.45) is 0.822. The molecule has 1 saturated heterocycles. The Kier molecular flexibility index (Phi) is 5.31. The van der Waals surface area contributed by atoms with E-state index in [0.717, 1.165) is 15.7 Å². The van der Waals surface area contributed by atoms with E-state index in [9.17, 15) is 14.4 Å².